The molecule has 2 unspecified atom stereocenters. The fraction of sp³-hybridized carbons (Fsp3) is 0.765. The number of hydrogen-bond acceptors (Lipinski definition) is 3. The van der Waals surface area contributed by atoms with Gasteiger partial charge in [0.2, 0.25) is 0 Å². The van der Waals surface area contributed by atoms with E-state index in [1.165, 1.54) is 30.6 Å². The van der Waals surface area contributed by atoms with E-state index in [0.717, 1.165) is 13.0 Å². The molecule has 114 valence electrons. The van der Waals surface area contributed by atoms with Crippen molar-refractivity contribution in [3.8, 4) is 0 Å². The summed E-state index contributed by atoms with van der Waals surface area (Å²) in [6.45, 7) is 7.92. The van der Waals surface area contributed by atoms with Crippen LogP contribution in [0.3, 0.4) is 0 Å². The molecule has 1 saturated carbocycles. The molecule has 1 aromatic heterocycles. The minimum Gasteiger partial charge on any atom is -0.329 e. The second kappa shape index (κ2) is 6.17. The molecule has 1 fully saturated rings. The quantitative estimate of drug-likeness (QED) is 0.892. The van der Waals surface area contributed by atoms with Crippen molar-refractivity contribution in [1.29, 1.82) is 0 Å². The van der Waals surface area contributed by atoms with Gasteiger partial charge in [0.15, 0.2) is 0 Å². The largest absolute Gasteiger partial charge is 0.329 e. The Morgan fingerprint density at radius 3 is 2.70 bits per heavy atom. The Labute approximate surface area is 128 Å². The topological polar surface area (TPSA) is 29.3 Å². The van der Waals surface area contributed by atoms with Crippen LogP contribution >= 0.6 is 11.3 Å². The molecule has 2 rings (SSSR count). The smallest absolute Gasteiger partial charge is 0.0336 e. The lowest BCUT2D eigenvalue weighted by atomic mass is 9.67. The van der Waals surface area contributed by atoms with Crippen LogP contribution in [0.5, 0.6) is 0 Å². The fourth-order valence-electron chi connectivity index (χ4n) is 3.91. The lowest BCUT2D eigenvalue weighted by Gasteiger charge is -2.51. The molecule has 0 radical (unpaired) electrons. The minimum absolute atomic E-state index is 0.193. The minimum atomic E-state index is 0.193. The molecule has 0 spiro atoms. The van der Waals surface area contributed by atoms with Crippen LogP contribution in [0.4, 0.5) is 0 Å². The number of likely N-dealkylation sites (N-methyl/N-ethyl adjacent to an activating group) is 1. The average Bonchev–Trinajstić information content (AvgIpc) is 2.89. The third-order valence-corrected chi connectivity index (χ3v) is 6.07. The molecular formula is C17H30N2S. The second-order valence-electron chi connectivity index (χ2n) is 7.37. The third-order valence-electron chi connectivity index (χ3n) is 5.17. The summed E-state index contributed by atoms with van der Waals surface area (Å²) in [5.41, 5.74) is 6.85. The summed E-state index contributed by atoms with van der Waals surface area (Å²) in [6.07, 6.45) is 6.25. The summed E-state index contributed by atoms with van der Waals surface area (Å²) >= 11 is 1.86. The Bertz CT molecular complexity index is 413. The normalized spacial score (nSPS) is 27.7. The van der Waals surface area contributed by atoms with E-state index in [4.69, 9.17) is 5.73 Å². The molecule has 1 aliphatic rings. The highest BCUT2D eigenvalue weighted by Crippen LogP contribution is 2.43. The Kier molecular flexibility index (Phi) is 4.93. The highest BCUT2D eigenvalue weighted by Gasteiger charge is 2.43. The SMILES string of the molecule is CC(Cc1cccs1)N(C)C1(CN)CCCC(C)(C)C1. The molecule has 2 N–H and O–H groups in total. The number of nitrogens with two attached hydrogens (primary N) is 1. The van der Waals surface area contributed by atoms with Gasteiger partial charge in [0.05, 0.1) is 0 Å². The summed E-state index contributed by atoms with van der Waals surface area (Å²) < 4.78 is 0. The van der Waals surface area contributed by atoms with E-state index in [2.05, 4.69) is 50.2 Å². The summed E-state index contributed by atoms with van der Waals surface area (Å²) in [6, 6.07) is 4.94. The summed E-state index contributed by atoms with van der Waals surface area (Å²) in [7, 11) is 2.28. The van der Waals surface area contributed by atoms with E-state index < -0.39 is 0 Å². The fourth-order valence-corrected chi connectivity index (χ4v) is 4.73. The van der Waals surface area contributed by atoms with Crippen molar-refractivity contribution in [3.63, 3.8) is 0 Å². The molecular weight excluding hydrogens is 264 g/mol. The number of rotatable bonds is 5. The van der Waals surface area contributed by atoms with Crippen molar-refractivity contribution in [3.05, 3.63) is 22.4 Å². The van der Waals surface area contributed by atoms with Crippen molar-refractivity contribution < 1.29 is 0 Å². The van der Waals surface area contributed by atoms with Crippen LogP contribution in [0.2, 0.25) is 0 Å². The van der Waals surface area contributed by atoms with E-state index in [0.29, 0.717) is 11.5 Å². The molecule has 0 bridgehead atoms. The number of hydrogen-bond donors (Lipinski definition) is 1. The van der Waals surface area contributed by atoms with Crippen molar-refractivity contribution in [2.75, 3.05) is 13.6 Å². The van der Waals surface area contributed by atoms with Crippen molar-refractivity contribution in [2.24, 2.45) is 11.1 Å². The van der Waals surface area contributed by atoms with Crippen LogP contribution in [0.1, 0.15) is 51.3 Å². The van der Waals surface area contributed by atoms with E-state index in [9.17, 15) is 0 Å². The van der Waals surface area contributed by atoms with Gasteiger partial charge in [0, 0.05) is 23.0 Å². The first-order valence-corrected chi connectivity index (χ1v) is 8.72. The average molecular weight is 295 g/mol. The highest BCUT2D eigenvalue weighted by atomic mass is 32.1. The van der Waals surface area contributed by atoms with Gasteiger partial charge in [0.25, 0.3) is 0 Å². The zero-order valence-electron chi connectivity index (χ0n) is 13.5. The Balaban J connectivity index is 2.09. The zero-order chi connectivity index (χ0) is 14.8. The maximum atomic E-state index is 6.23. The molecule has 1 aliphatic carbocycles. The maximum Gasteiger partial charge on any atom is 0.0336 e. The summed E-state index contributed by atoms with van der Waals surface area (Å²) in [5, 5.41) is 2.17. The first kappa shape index (κ1) is 16.0. The first-order valence-electron chi connectivity index (χ1n) is 7.84. The monoisotopic (exact) mass is 294 g/mol. The van der Waals surface area contributed by atoms with Crippen molar-refractivity contribution >= 4 is 11.3 Å². The van der Waals surface area contributed by atoms with Gasteiger partial charge >= 0.3 is 0 Å². The Morgan fingerprint density at radius 2 is 2.15 bits per heavy atom. The van der Waals surface area contributed by atoms with E-state index in [1.54, 1.807) is 0 Å². The molecule has 1 heterocycles. The van der Waals surface area contributed by atoms with Gasteiger partial charge in [-0.1, -0.05) is 26.3 Å². The molecule has 1 aromatic rings. The molecule has 0 amide bonds. The lowest BCUT2D eigenvalue weighted by molar-refractivity contribution is 0.00488. The van der Waals surface area contributed by atoms with Crippen LogP contribution in [-0.2, 0) is 6.42 Å². The van der Waals surface area contributed by atoms with Crippen LogP contribution in [0, 0.1) is 5.41 Å². The lowest BCUT2D eigenvalue weighted by Crippen LogP contribution is -2.59. The summed E-state index contributed by atoms with van der Waals surface area (Å²) in [5.74, 6) is 0. The van der Waals surface area contributed by atoms with Crippen LogP contribution in [-0.4, -0.2) is 30.1 Å². The van der Waals surface area contributed by atoms with E-state index in [1.807, 2.05) is 11.3 Å². The number of nitrogens with zero attached hydrogens (tertiary/aromatic N) is 1. The molecule has 0 saturated heterocycles. The van der Waals surface area contributed by atoms with Gasteiger partial charge in [-0.05, 0) is 56.5 Å². The van der Waals surface area contributed by atoms with Gasteiger partial charge in [-0.2, -0.15) is 0 Å². The Morgan fingerprint density at radius 1 is 1.40 bits per heavy atom. The first-order chi connectivity index (χ1) is 9.38. The highest BCUT2D eigenvalue weighted by molar-refractivity contribution is 7.09. The standard InChI is InChI=1S/C17H30N2S/c1-14(11-15-7-5-10-20-15)19(4)17(13-18)9-6-8-16(2,3)12-17/h5,7,10,14H,6,8-9,11-13,18H2,1-4H3. The van der Waals surface area contributed by atoms with Gasteiger partial charge in [-0.3, -0.25) is 4.90 Å². The molecule has 0 aromatic carbocycles. The van der Waals surface area contributed by atoms with Crippen LogP contribution in [0.15, 0.2) is 17.5 Å². The third kappa shape index (κ3) is 3.44. The molecule has 3 heteroatoms. The molecule has 20 heavy (non-hydrogen) atoms. The zero-order valence-corrected chi connectivity index (χ0v) is 14.3. The predicted octanol–water partition coefficient (Wildman–Crippen LogP) is 3.91. The van der Waals surface area contributed by atoms with Crippen LogP contribution < -0.4 is 5.73 Å². The predicted molar refractivity (Wildman–Crippen MR) is 89.3 cm³/mol. The van der Waals surface area contributed by atoms with E-state index >= 15 is 0 Å². The molecule has 2 atom stereocenters. The molecule has 0 aliphatic heterocycles. The van der Waals surface area contributed by atoms with Crippen molar-refractivity contribution in [2.45, 2.75) is 64.5 Å². The van der Waals surface area contributed by atoms with Gasteiger partial charge in [-0.25, -0.2) is 0 Å². The maximum absolute atomic E-state index is 6.23. The van der Waals surface area contributed by atoms with Gasteiger partial charge in [-0.15, -0.1) is 11.3 Å². The van der Waals surface area contributed by atoms with Crippen LogP contribution in [0.25, 0.3) is 0 Å². The van der Waals surface area contributed by atoms with E-state index in [-0.39, 0.29) is 5.54 Å². The summed E-state index contributed by atoms with van der Waals surface area (Å²) in [4.78, 5) is 4.06. The Hall–Kier alpha value is -0.380. The van der Waals surface area contributed by atoms with Gasteiger partial charge in [0.1, 0.15) is 0 Å². The van der Waals surface area contributed by atoms with Gasteiger partial charge < -0.3 is 5.73 Å². The number of thiophene rings is 1. The van der Waals surface area contributed by atoms with Crippen molar-refractivity contribution in [1.82, 2.24) is 4.90 Å². The molecule has 2 nitrogen and oxygen atoms in total. The second-order valence-corrected chi connectivity index (χ2v) is 8.40.